The van der Waals surface area contributed by atoms with Crippen LogP contribution in [-0.2, 0) is 0 Å². The van der Waals surface area contributed by atoms with Gasteiger partial charge >= 0.3 is 0 Å². The van der Waals surface area contributed by atoms with Gasteiger partial charge in [-0.25, -0.2) is 4.98 Å². The summed E-state index contributed by atoms with van der Waals surface area (Å²) in [5.41, 5.74) is 11.0. The predicted molar refractivity (Wildman–Crippen MR) is 210 cm³/mol. The van der Waals surface area contributed by atoms with Gasteiger partial charge in [0.05, 0.1) is 11.2 Å². The largest absolute Gasteiger partial charge is 0.456 e. The first kappa shape index (κ1) is 30.2. The van der Waals surface area contributed by atoms with Gasteiger partial charge in [0, 0.05) is 32.8 Å². The topological polar surface area (TPSA) is 56.7 Å². The summed E-state index contributed by atoms with van der Waals surface area (Å²) in [5, 5.41) is 3.28. The fourth-order valence-electron chi connectivity index (χ4n) is 7.03. The first-order valence-electron chi connectivity index (χ1n) is 17.0. The van der Waals surface area contributed by atoms with Crippen molar-refractivity contribution in [2.75, 3.05) is 0 Å². The number of hydrogen-bond donors (Lipinski definition) is 0. The number of hydrogen-bond acceptors (Lipinski definition) is 4. The summed E-state index contributed by atoms with van der Waals surface area (Å²) < 4.78 is 8.34. The molecule has 0 amide bonds. The molecule has 9 aromatic rings. The number of furan rings is 1. The molecule has 0 aliphatic carbocycles. The van der Waals surface area contributed by atoms with Gasteiger partial charge in [-0.1, -0.05) is 140 Å². The highest BCUT2D eigenvalue weighted by molar-refractivity contribution is 6.13. The SMILES string of the molecule is C=Cc1c(/C=C\C)c2cc(-c3cccc4oc5ccccc5c34)ccc2n1-c1nc(-c2ccccc2)nc(-c2ccc(-c3ccccc3)cc2)n1. The lowest BCUT2D eigenvalue weighted by molar-refractivity contribution is 0.669. The molecular weight excluding hydrogens is 625 g/mol. The number of fused-ring (bicyclic) bond motifs is 4. The molecule has 0 saturated heterocycles. The molecule has 0 bridgehead atoms. The molecule has 0 saturated carbocycles. The van der Waals surface area contributed by atoms with E-state index >= 15 is 0 Å². The molecule has 51 heavy (non-hydrogen) atoms. The van der Waals surface area contributed by atoms with Crippen LogP contribution >= 0.6 is 0 Å². The van der Waals surface area contributed by atoms with E-state index in [1.807, 2.05) is 67.6 Å². The van der Waals surface area contributed by atoms with Gasteiger partial charge in [0.2, 0.25) is 5.95 Å². The van der Waals surface area contributed by atoms with Crippen molar-refractivity contribution < 1.29 is 4.42 Å². The number of nitrogens with zero attached hydrogens (tertiary/aromatic N) is 4. The van der Waals surface area contributed by atoms with Crippen molar-refractivity contribution in [3.8, 4) is 51.0 Å². The Hall–Kier alpha value is -6.85. The minimum absolute atomic E-state index is 0.525. The third-order valence-electron chi connectivity index (χ3n) is 9.39. The van der Waals surface area contributed by atoms with Gasteiger partial charge in [-0.3, -0.25) is 4.57 Å². The molecule has 9 rings (SSSR count). The van der Waals surface area contributed by atoms with Crippen LogP contribution in [0.1, 0.15) is 18.2 Å². The molecule has 0 fully saturated rings. The maximum absolute atomic E-state index is 6.24. The zero-order valence-corrected chi connectivity index (χ0v) is 28.0. The van der Waals surface area contributed by atoms with E-state index in [0.29, 0.717) is 17.6 Å². The number of allylic oxidation sites excluding steroid dienone is 1. The molecule has 3 heterocycles. The van der Waals surface area contributed by atoms with Crippen molar-refractivity contribution in [2.24, 2.45) is 0 Å². The third kappa shape index (κ3) is 5.23. The van der Waals surface area contributed by atoms with E-state index in [0.717, 1.165) is 77.5 Å². The van der Waals surface area contributed by atoms with Gasteiger partial charge in [0.25, 0.3) is 0 Å². The lowest BCUT2D eigenvalue weighted by Crippen LogP contribution is -2.07. The smallest absolute Gasteiger partial charge is 0.238 e. The van der Waals surface area contributed by atoms with Crippen LogP contribution in [0.3, 0.4) is 0 Å². The van der Waals surface area contributed by atoms with Crippen molar-refractivity contribution >= 4 is 45.0 Å². The number of benzene rings is 6. The molecule has 6 aromatic carbocycles. The molecule has 0 radical (unpaired) electrons. The van der Waals surface area contributed by atoms with E-state index in [1.54, 1.807) is 0 Å². The minimum Gasteiger partial charge on any atom is -0.456 e. The zero-order valence-electron chi connectivity index (χ0n) is 28.0. The Kier molecular flexibility index (Phi) is 7.44. The quantitative estimate of drug-likeness (QED) is 0.171. The molecule has 0 aliphatic heterocycles. The van der Waals surface area contributed by atoms with Crippen LogP contribution < -0.4 is 0 Å². The molecule has 242 valence electrons. The van der Waals surface area contributed by atoms with E-state index < -0.39 is 0 Å². The third-order valence-corrected chi connectivity index (χ3v) is 9.39. The Bertz CT molecular complexity index is 2760. The van der Waals surface area contributed by atoms with Gasteiger partial charge < -0.3 is 4.42 Å². The Morgan fingerprint density at radius 1 is 0.569 bits per heavy atom. The number of aromatic nitrogens is 4. The van der Waals surface area contributed by atoms with E-state index in [4.69, 9.17) is 19.4 Å². The van der Waals surface area contributed by atoms with Crippen LogP contribution in [0.4, 0.5) is 0 Å². The molecule has 0 unspecified atom stereocenters. The molecule has 5 heteroatoms. The average Bonchev–Trinajstić information content (AvgIpc) is 3.74. The van der Waals surface area contributed by atoms with E-state index in [1.165, 1.54) is 0 Å². The van der Waals surface area contributed by atoms with Gasteiger partial charge in [0.15, 0.2) is 11.6 Å². The summed E-state index contributed by atoms with van der Waals surface area (Å²) in [4.78, 5) is 15.2. The zero-order chi connectivity index (χ0) is 34.3. The van der Waals surface area contributed by atoms with Crippen molar-refractivity contribution in [3.05, 3.63) is 170 Å². The first-order chi connectivity index (χ1) is 25.2. The monoisotopic (exact) mass is 656 g/mol. The Balaban J connectivity index is 1.25. The highest BCUT2D eigenvalue weighted by Crippen LogP contribution is 2.40. The molecule has 5 nitrogen and oxygen atoms in total. The summed E-state index contributed by atoms with van der Waals surface area (Å²) in [6, 6.07) is 49.9. The van der Waals surface area contributed by atoms with E-state index in [9.17, 15) is 0 Å². The highest BCUT2D eigenvalue weighted by atomic mass is 16.3. The van der Waals surface area contributed by atoms with Crippen molar-refractivity contribution in [1.82, 2.24) is 19.5 Å². The Morgan fingerprint density at radius 2 is 1.18 bits per heavy atom. The van der Waals surface area contributed by atoms with Crippen LogP contribution in [0.5, 0.6) is 0 Å². The summed E-state index contributed by atoms with van der Waals surface area (Å²) in [6.07, 6.45) is 6.08. The Labute approximate surface area is 295 Å². The molecular formula is C46H32N4O. The lowest BCUT2D eigenvalue weighted by Gasteiger charge is -2.12. The summed E-state index contributed by atoms with van der Waals surface area (Å²) in [6.45, 7) is 6.30. The molecule has 0 atom stereocenters. The normalized spacial score (nSPS) is 11.6. The van der Waals surface area contributed by atoms with Crippen molar-refractivity contribution in [1.29, 1.82) is 0 Å². The average molecular weight is 657 g/mol. The number of rotatable bonds is 7. The summed E-state index contributed by atoms with van der Waals surface area (Å²) in [5.74, 6) is 1.72. The minimum atomic E-state index is 0.525. The van der Waals surface area contributed by atoms with Gasteiger partial charge in [-0.15, -0.1) is 0 Å². The van der Waals surface area contributed by atoms with Gasteiger partial charge in [-0.2, -0.15) is 9.97 Å². The molecule has 0 N–H and O–H groups in total. The second-order valence-electron chi connectivity index (χ2n) is 12.4. The Morgan fingerprint density at radius 3 is 1.90 bits per heavy atom. The van der Waals surface area contributed by atoms with Crippen LogP contribution in [0.25, 0.3) is 96.0 Å². The van der Waals surface area contributed by atoms with E-state index in [-0.39, 0.29) is 0 Å². The van der Waals surface area contributed by atoms with Gasteiger partial charge in [-0.05, 0) is 59.5 Å². The predicted octanol–water partition coefficient (Wildman–Crippen LogP) is 12.1. The maximum Gasteiger partial charge on any atom is 0.238 e. The second kappa shape index (κ2) is 12.6. The van der Waals surface area contributed by atoms with Crippen LogP contribution in [0, 0.1) is 0 Å². The van der Waals surface area contributed by atoms with Crippen LogP contribution in [-0.4, -0.2) is 19.5 Å². The fourth-order valence-corrected chi connectivity index (χ4v) is 7.03. The lowest BCUT2D eigenvalue weighted by atomic mass is 9.97. The molecule has 3 aromatic heterocycles. The molecule has 0 spiro atoms. The molecule has 0 aliphatic rings. The standard InChI is InChI=1S/C46H32N4O/c1-3-14-36-38-29-34(35-20-13-22-42-43(35)37-19-11-12-21-41(37)51-42)27-28-40(38)50(39(36)4-2)46-48-44(32-17-9-6-10-18-32)47-45(49-46)33-25-23-31(24-26-33)30-15-7-5-8-16-30/h3-29H,2H2,1H3/b14-3-. The van der Waals surface area contributed by atoms with Crippen molar-refractivity contribution in [2.45, 2.75) is 6.92 Å². The van der Waals surface area contributed by atoms with E-state index in [2.05, 4.69) is 114 Å². The fraction of sp³-hybridized carbons (Fsp3) is 0.0217. The summed E-state index contributed by atoms with van der Waals surface area (Å²) in [7, 11) is 0. The summed E-state index contributed by atoms with van der Waals surface area (Å²) >= 11 is 0. The first-order valence-corrected chi connectivity index (χ1v) is 17.0. The van der Waals surface area contributed by atoms with Gasteiger partial charge in [0.1, 0.15) is 11.2 Å². The second-order valence-corrected chi connectivity index (χ2v) is 12.4. The number of para-hydroxylation sites is 1. The highest BCUT2D eigenvalue weighted by Gasteiger charge is 2.21. The maximum atomic E-state index is 6.24. The van der Waals surface area contributed by atoms with Crippen LogP contribution in [0.2, 0.25) is 0 Å². The van der Waals surface area contributed by atoms with Crippen LogP contribution in [0.15, 0.2) is 163 Å². The van der Waals surface area contributed by atoms with Crippen molar-refractivity contribution in [3.63, 3.8) is 0 Å².